The molecule has 0 aliphatic rings. The molecule has 1 heterocycles. The highest BCUT2D eigenvalue weighted by molar-refractivity contribution is 5.90. The lowest BCUT2D eigenvalue weighted by molar-refractivity contribution is 0.0696. The second-order valence-electron chi connectivity index (χ2n) is 5.65. The van der Waals surface area contributed by atoms with E-state index in [4.69, 9.17) is 4.52 Å². The van der Waals surface area contributed by atoms with E-state index >= 15 is 0 Å². The highest BCUT2D eigenvalue weighted by atomic mass is 19.1. The van der Waals surface area contributed by atoms with E-state index in [2.05, 4.69) is 10.1 Å². The number of carbonyl (C=O) groups is 1. The summed E-state index contributed by atoms with van der Waals surface area (Å²) in [6, 6.07) is 8.32. The fraction of sp³-hybridized carbons (Fsp3) is 0.167. The number of hydrogen-bond donors (Lipinski definition) is 1. The SMILES string of the molecule is Cc1ccc(-c2noc(-c3c(C)ccc(C)c3F)n2)cc1C(=O)O. The summed E-state index contributed by atoms with van der Waals surface area (Å²) in [4.78, 5) is 15.5. The maximum absolute atomic E-state index is 14.4. The number of rotatable bonds is 3. The number of hydrogen-bond acceptors (Lipinski definition) is 4. The molecule has 0 aliphatic heterocycles. The minimum absolute atomic E-state index is 0.0705. The van der Waals surface area contributed by atoms with Crippen LogP contribution < -0.4 is 0 Å². The molecule has 3 rings (SSSR count). The van der Waals surface area contributed by atoms with Gasteiger partial charge in [0.05, 0.1) is 11.1 Å². The van der Waals surface area contributed by atoms with Gasteiger partial charge in [-0.2, -0.15) is 4.98 Å². The van der Waals surface area contributed by atoms with Crippen LogP contribution in [0, 0.1) is 26.6 Å². The van der Waals surface area contributed by atoms with E-state index in [1.165, 1.54) is 6.07 Å². The molecule has 0 bridgehead atoms. The summed E-state index contributed by atoms with van der Waals surface area (Å²) >= 11 is 0. The summed E-state index contributed by atoms with van der Waals surface area (Å²) in [5.74, 6) is -1.15. The van der Waals surface area contributed by atoms with Gasteiger partial charge in [-0.15, -0.1) is 0 Å². The van der Waals surface area contributed by atoms with Crippen molar-refractivity contribution in [3.63, 3.8) is 0 Å². The molecule has 1 aromatic heterocycles. The largest absolute Gasteiger partial charge is 0.478 e. The average Bonchev–Trinajstić information content (AvgIpc) is 3.01. The Morgan fingerprint density at radius 1 is 1.08 bits per heavy atom. The first-order chi connectivity index (χ1) is 11.4. The molecule has 0 aliphatic carbocycles. The quantitative estimate of drug-likeness (QED) is 0.782. The van der Waals surface area contributed by atoms with Crippen molar-refractivity contribution in [1.82, 2.24) is 10.1 Å². The van der Waals surface area contributed by atoms with Gasteiger partial charge >= 0.3 is 5.97 Å². The molecule has 0 spiro atoms. The Morgan fingerprint density at radius 2 is 1.75 bits per heavy atom. The van der Waals surface area contributed by atoms with Crippen molar-refractivity contribution in [3.8, 4) is 22.8 Å². The first-order valence-electron chi connectivity index (χ1n) is 7.32. The number of aryl methyl sites for hydroxylation is 3. The van der Waals surface area contributed by atoms with Crippen LogP contribution in [0.4, 0.5) is 4.39 Å². The standard InChI is InChI=1S/C18H15FN2O3/c1-9-6-7-12(8-13(9)18(22)23)16-20-17(24-21-16)14-10(2)4-5-11(3)15(14)19/h4-8H,1-3H3,(H,22,23). The van der Waals surface area contributed by atoms with Crippen LogP contribution in [0.2, 0.25) is 0 Å². The van der Waals surface area contributed by atoms with Crippen LogP contribution in [0.15, 0.2) is 34.9 Å². The summed E-state index contributed by atoms with van der Waals surface area (Å²) in [6.07, 6.45) is 0. The molecule has 0 unspecified atom stereocenters. The van der Waals surface area contributed by atoms with Crippen LogP contribution in [0.3, 0.4) is 0 Å². The van der Waals surface area contributed by atoms with E-state index in [-0.39, 0.29) is 22.8 Å². The first kappa shape index (κ1) is 15.9. The van der Waals surface area contributed by atoms with E-state index in [1.807, 2.05) is 0 Å². The van der Waals surface area contributed by atoms with E-state index < -0.39 is 11.8 Å². The van der Waals surface area contributed by atoms with Crippen molar-refractivity contribution in [3.05, 3.63) is 58.4 Å². The van der Waals surface area contributed by atoms with Crippen molar-refractivity contribution in [2.75, 3.05) is 0 Å². The Kier molecular flexibility index (Phi) is 3.89. The highest BCUT2D eigenvalue weighted by Gasteiger charge is 2.19. The third kappa shape index (κ3) is 2.67. The lowest BCUT2D eigenvalue weighted by Gasteiger charge is -2.04. The molecule has 2 aromatic carbocycles. The van der Waals surface area contributed by atoms with Crippen LogP contribution in [0.1, 0.15) is 27.0 Å². The molecule has 24 heavy (non-hydrogen) atoms. The molecule has 0 saturated heterocycles. The maximum atomic E-state index is 14.4. The second-order valence-corrected chi connectivity index (χ2v) is 5.65. The predicted molar refractivity (Wildman–Crippen MR) is 86.3 cm³/mol. The molecule has 5 nitrogen and oxygen atoms in total. The van der Waals surface area contributed by atoms with E-state index in [9.17, 15) is 14.3 Å². The van der Waals surface area contributed by atoms with Gasteiger partial charge in [-0.25, -0.2) is 9.18 Å². The lowest BCUT2D eigenvalue weighted by Crippen LogP contribution is -2.00. The number of aromatic carboxylic acids is 1. The molecule has 3 aromatic rings. The molecule has 0 radical (unpaired) electrons. The van der Waals surface area contributed by atoms with E-state index in [0.717, 1.165) is 0 Å². The third-order valence-electron chi connectivity index (χ3n) is 3.91. The monoisotopic (exact) mass is 326 g/mol. The highest BCUT2D eigenvalue weighted by Crippen LogP contribution is 2.29. The zero-order valence-electron chi connectivity index (χ0n) is 13.4. The number of halogens is 1. The van der Waals surface area contributed by atoms with Crippen molar-refractivity contribution in [2.45, 2.75) is 20.8 Å². The van der Waals surface area contributed by atoms with Crippen molar-refractivity contribution in [1.29, 1.82) is 0 Å². The van der Waals surface area contributed by atoms with Gasteiger partial charge in [0, 0.05) is 5.56 Å². The summed E-state index contributed by atoms with van der Waals surface area (Å²) in [7, 11) is 0. The van der Waals surface area contributed by atoms with Crippen molar-refractivity contribution >= 4 is 5.97 Å². The molecule has 122 valence electrons. The predicted octanol–water partition coefficient (Wildman–Crippen LogP) is 4.17. The fourth-order valence-electron chi connectivity index (χ4n) is 2.47. The Labute approximate surface area is 137 Å². The Balaban J connectivity index is 2.08. The van der Waals surface area contributed by atoms with Gasteiger partial charge < -0.3 is 9.63 Å². The molecular formula is C18H15FN2O3. The average molecular weight is 326 g/mol. The van der Waals surface area contributed by atoms with Gasteiger partial charge in [0.25, 0.3) is 5.89 Å². The zero-order valence-corrected chi connectivity index (χ0v) is 13.4. The fourth-order valence-corrected chi connectivity index (χ4v) is 2.47. The van der Waals surface area contributed by atoms with Gasteiger partial charge in [-0.05, 0) is 43.5 Å². The van der Waals surface area contributed by atoms with Crippen LogP contribution in [-0.2, 0) is 0 Å². The third-order valence-corrected chi connectivity index (χ3v) is 3.91. The van der Waals surface area contributed by atoms with Gasteiger partial charge in [-0.3, -0.25) is 0 Å². The van der Waals surface area contributed by atoms with Crippen molar-refractivity contribution in [2.24, 2.45) is 0 Å². The molecule has 0 fully saturated rings. The first-order valence-corrected chi connectivity index (χ1v) is 7.32. The summed E-state index contributed by atoms with van der Waals surface area (Å²) in [5.41, 5.74) is 2.73. The normalized spacial score (nSPS) is 10.8. The molecule has 6 heteroatoms. The number of benzene rings is 2. The number of carboxylic acids is 1. The molecular weight excluding hydrogens is 311 g/mol. The van der Waals surface area contributed by atoms with Crippen molar-refractivity contribution < 1.29 is 18.8 Å². The zero-order chi connectivity index (χ0) is 17.4. The van der Waals surface area contributed by atoms with E-state index in [0.29, 0.717) is 22.3 Å². The molecule has 0 atom stereocenters. The number of aromatic nitrogens is 2. The molecule has 1 N–H and O–H groups in total. The van der Waals surface area contributed by atoms with Crippen LogP contribution in [-0.4, -0.2) is 21.2 Å². The number of nitrogens with zero attached hydrogens (tertiary/aromatic N) is 2. The van der Waals surface area contributed by atoms with Gasteiger partial charge in [0.2, 0.25) is 5.82 Å². The van der Waals surface area contributed by atoms with Crippen LogP contribution in [0.5, 0.6) is 0 Å². The van der Waals surface area contributed by atoms with Crippen LogP contribution in [0.25, 0.3) is 22.8 Å². The summed E-state index contributed by atoms with van der Waals surface area (Å²) < 4.78 is 19.6. The number of carboxylic acid groups (broad SMARTS) is 1. The van der Waals surface area contributed by atoms with Crippen LogP contribution >= 0.6 is 0 Å². The van der Waals surface area contributed by atoms with E-state index in [1.54, 1.807) is 45.0 Å². The topological polar surface area (TPSA) is 76.2 Å². The minimum atomic E-state index is -1.03. The summed E-state index contributed by atoms with van der Waals surface area (Å²) in [6.45, 7) is 5.13. The molecule has 0 saturated carbocycles. The smallest absolute Gasteiger partial charge is 0.335 e. The maximum Gasteiger partial charge on any atom is 0.335 e. The Bertz CT molecular complexity index is 947. The Morgan fingerprint density at radius 3 is 2.46 bits per heavy atom. The summed E-state index contributed by atoms with van der Waals surface area (Å²) in [5, 5.41) is 13.1. The minimum Gasteiger partial charge on any atom is -0.478 e. The lowest BCUT2D eigenvalue weighted by atomic mass is 10.0. The second kappa shape index (κ2) is 5.88. The van der Waals surface area contributed by atoms with Gasteiger partial charge in [0.1, 0.15) is 5.82 Å². The molecule has 0 amide bonds. The Hall–Kier alpha value is -3.02. The van der Waals surface area contributed by atoms with Gasteiger partial charge in [-0.1, -0.05) is 29.4 Å². The van der Waals surface area contributed by atoms with Gasteiger partial charge in [0.15, 0.2) is 0 Å².